The summed E-state index contributed by atoms with van der Waals surface area (Å²) in [4.78, 5) is 14.2. The minimum absolute atomic E-state index is 0.125. The van der Waals surface area contributed by atoms with Gasteiger partial charge in [-0.25, -0.2) is 0 Å². The molecule has 0 saturated heterocycles. The Bertz CT molecular complexity index is 816. The fourth-order valence-electron chi connectivity index (χ4n) is 3.21. The maximum atomic E-state index is 12.6. The van der Waals surface area contributed by atoms with E-state index in [1.54, 1.807) is 4.90 Å². The highest BCUT2D eigenvalue weighted by molar-refractivity contribution is 5.99. The summed E-state index contributed by atoms with van der Waals surface area (Å²) in [6.07, 6.45) is -4.42. The molecule has 0 aromatic heterocycles. The number of ether oxygens (including phenoxy) is 1. The Kier molecular flexibility index (Phi) is 4.89. The number of aryl methyl sites for hydroxylation is 2. The van der Waals surface area contributed by atoms with E-state index in [9.17, 15) is 22.4 Å². The second kappa shape index (κ2) is 6.97. The first-order valence-electron chi connectivity index (χ1n) is 8.09. The summed E-state index contributed by atoms with van der Waals surface area (Å²) in [6.45, 7) is 2.04. The molecule has 2 aromatic rings. The van der Waals surface area contributed by atoms with Gasteiger partial charge >= 0.3 is 6.36 Å². The number of hydrogen-bond donors (Lipinski definition) is 0. The fraction of sp³-hybridized carbons (Fsp3) is 0.316. The van der Waals surface area contributed by atoms with Gasteiger partial charge in [-0.05, 0) is 41.3 Å². The third-order valence-electron chi connectivity index (χ3n) is 4.25. The van der Waals surface area contributed by atoms with E-state index in [4.69, 9.17) is 0 Å². The maximum Gasteiger partial charge on any atom is 0.573 e. The largest absolute Gasteiger partial charge is 0.573 e. The van der Waals surface area contributed by atoms with Gasteiger partial charge in [0, 0.05) is 25.1 Å². The third kappa shape index (κ3) is 3.98. The standard InChI is InChI=1S/C19H17F4NO2/c1-12-8-14(6-7-20)9-15-11-24(18(25)17(12)15)10-13-2-4-16(5-3-13)26-19(21,22)23/h2-5,8-9H,6-7,10-11H2,1H3. The lowest BCUT2D eigenvalue weighted by atomic mass is 9.99. The molecule has 0 radical (unpaired) electrons. The van der Waals surface area contributed by atoms with Crippen molar-refractivity contribution in [3.05, 3.63) is 64.2 Å². The van der Waals surface area contributed by atoms with Gasteiger partial charge in [-0.15, -0.1) is 13.2 Å². The Morgan fingerprint density at radius 3 is 2.42 bits per heavy atom. The number of amides is 1. The zero-order valence-electron chi connectivity index (χ0n) is 14.1. The molecule has 138 valence electrons. The number of fused-ring (bicyclic) bond motifs is 1. The number of rotatable bonds is 5. The molecule has 1 heterocycles. The van der Waals surface area contributed by atoms with Crippen LogP contribution < -0.4 is 4.74 Å². The number of carbonyl (C=O) groups is 1. The number of carbonyl (C=O) groups excluding carboxylic acids is 1. The summed E-state index contributed by atoms with van der Waals surface area (Å²) in [7, 11) is 0. The van der Waals surface area contributed by atoms with Gasteiger partial charge in [-0.2, -0.15) is 0 Å². The average molecular weight is 367 g/mol. The minimum Gasteiger partial charge on any atom is -0.406 e. The molecule has 1 aliphatic heterocycles. The van der Waals surface area contributed by atoms with Crippen molar-refractivity contribution < 1.29 is 27.1 Å². The summed E-state index contributed by atoms with van der Waals surface area (Å²) >= 11 is 0. The van der Waals surface area contributed by atoms with E-state index in [2.05, 4.69) is 4.74 Å². The van der Waals surface area contributed by atoms with Crippen molar-refractivity contribution >= 4 is 5.91 Å². The third-order valence-corrected chi connectivity index (χ3v) is 4.25. The summed E-state index contributed by atoms with van der Waals surface area (Å²) < 4.78 is 53.0. The van der Waals surface area contributed by atoms with Gasteiger partial charge in [-0.1, -0.05) is 24.3 Å². The normalized spacial score (nSPS) is 13.9. The number of nitrogens with zero attached hydrogens (tertiary/aromatic N) is 1. The predicted octanol–water partition coefficient (Wildman–Crippen LogP) is 4.56. The van der Waals surface area contributed by atoms with Crippen LogP contribution in [-0.4, -0.2) is 23.8 Å². The zero-order valence-corrected chi connectivity index (χ0v) is 14.1. The van der Waals surface area contributed by atoms with Crippen molar-refractivity contribution in [1.29, 1.82) is 0 Å². The van der Waals surface area contributed by atoms with Gasteiger partial charge < -0.3 is 9.64 Å². The van der Waals surface area contributed by atoms with Crippen molar-refractivity contribution in [1.82, 2.24) is 4.90 Å². The molecule has 0 N–H and O–H groups in total. The van der Waals surface area contributed by atoms with Gasteiger partial charge in [0.25, 0.3) is 5.91 Å². The molecule has 3 rings (SSSR count). The molecular formula is C19H17F4NO2. The molecule has 0 unspecified atom stereocenters. The molecule has 0 saturated carbocycles. The lowest BCUT2D eigenvalue weighted by Gasteiger charge is -2.16. The summed E-state index contributed by atoms with van der Waals surface area (Å²) in [5.41, 5.74) is 3.85. The van der Waals surface area contributed by atoms with Crippen molar-refractivity contribution in [2.45, 2.75) is 32.8 Å². The molecule has 26 heavy (non-hydrogen) atoms. The van der Waals surface area contributed by atoms with E-state index in [-0.39, 0.29) is 18.2 Å². The second-order valence-corrected chi connectivity index (χ2v) is 6.24. The van der Waals surface area contributed by atoms with Gasteiger partial charge in [0.2, 0.25) is 0 Å². The van der Waals surface area contributed by atoms with Crippen LogP contribution in [0.4, 0.5) is 17.6 Å². The van der Waals surface area contributed by atoms with Gasteiger partial charge in [0.05, 0.1) is 6.67 Å². The minimum atomic E-state index is -4.73. The number of halogens is 4. The molecule has 0 atom stereocenters. The number of benzene rings is 2. The Morgan fingerprint density at radius 1 is 1.12 bits per heavy atom. The van der Waals surface area contributed by atoms with Gasteiger partial charge in [0.15, 0.2) is 0 Å². The Labute approximate surface area is 148 Å². The van der Waals surface area contributed by atoms with Crippen LogP contribution >= 0.6 is 0 Å². The molecule has 1 aliphatic rings. The number of hydrogen-bond acceptors (Lipinski definition) is 2. The monoisotopic (exact) mass is 367 g/mol. The first kappa shape index (κ1) is 18.2. The van der Waals surface area contributed by atoms with E-state index in [0.29, 0.717) is 24.1 Å². The van der Waals surface area contributed by atoms with Crippen LogP contribution in [0.25, 0.3) is 0 Å². The van der Waals surface area contributed by atoms with E-state index in [1.165, 1.54) is 24.3 Å². The lowest BCUT2D eigenvalue weighted by molar-refractivity contribution is -0.274. The SMILES string of the molecule is Cc1cc(CCF)cc2c1C(=O)N(Cc1ccc(OC(F)(F)F)cc1)C2. The van der Waals surface area contributed by atoms with E-state index < -0.39 is 13.0 Å². The van der Waals surface area contributed by atoms with Crippen LogP contribution in [-0.2, 0) is 19.5 Å². The van der Waals surface area contributed by atoms with Crippen LogP contribution in [0.3, 0.4) is 0 Å². The Balaban J connectivity index is 1.73. The molecule has 0 aliphatic carbocycles. The van der Waals surface area contributed by atoms with Crippen LogP contribution in [0.1, 0.15) is 32.6 Å². The first-order chi connectivity index (χ1) is 12.3. The van der Waals surface area contributed by atoms with E-state index >= 15 is 0 Å². The van der Waals surface area contributed by atoms with Crippen molar-refractivity contribution in [2.75, 3.05) is 6.67 Å². The highest BCUT2D eigenvalue weighted by atomic mass is 19.4. The summed E-state index contributed by atoms with van der Waals surface area (Å²) in [6, 6.07) is 9.11. The summed E-state index contributed by atoms with van der Waals surface area (Å²) in [5.74, 6) is -0.427. The van der Waals surface area contributed by atoms with Gasteiger partial charge in [-0.3, -0.25) is 9.18 Å². The highest BCUT2D eigenvalue weighted by Gasteiger charge is 2.31. The molecule has 7 heteroatoms. The Hall–Kier alpha value is -2.57. The lowest BCUT2D eigenvalue weighted by Crippen LogP contribution is -2.23. The smallest absolute Gasteiger partial charge is 0.406 e. The van der Waals surface area contributed by atoms with Crippen LogP contribution in [0.15, 0.2) is 36.4 Å². The zero-order chi connectivity index (χ0) is 18.9. The molecule has 1 amide bonds. The van der Waals surface area contributed by atoms with Crippen molar-refractivity contribution in [3.63, 3.8) is 0 Å². The highest BCUT2D eigenvalue weighted by Crippen LogP contribution is 2.29. The molecular weight excluding hydrogens is 350 g/mol. The van der Waals surface area contributed by atoms with Gasteiger partial charge in [0.1, 0.15) is 5.75 Å². The molecule has 2 aromatic carbocycles. The quantitative estimate of drug-likeness (QED) is 0.725. The molecule has 0 fully saturated rings. The summed E-state index contributed by atoms with van der Waals surface area (Å²) in [5, 5.41) is 0. The van der Waals surface area contributed by atoms with E-state index in [1.807, 2.05) is 19.1 Å². The first-order valence-corrected chi connectivity index (χ1v) is 8.09. The number of alkyl halides is 4. The van der Waals surface area contributed by atoms with Crippen LogP contribution in [0.5, 0.6) is 5.75 Å². The molecule has 0 bridgehead atoms. The van der Waals surface area contributed by atoms with Crippen molar-refractivity contribution in [3.8, 4) is 5.75 Å². The average Bonchev–Trinajstić information content (AvgIpc) is 2.84. The van der Waals surface area contributed by atoms with E-state index in [0.717, 1.165) is 16.7 Å². The fourth-order valence-corrected chi connectivity index (χ4v) is 3.21. The second-order valence-electron chi connectivity index (χ2n) is 6.24. The van der Waals surface area contributed by atoms with Crippen LogP contribution in [0, 0.1) is 6.92 Å². The molecule has 0 spiro atoms. The van der Waals surface area contributed by atoms with Crippen molar-refractivity contribution in [2.24, 2.45) is 0 Å². The van der Waals surface area contributed by atoms with Crippen LogP contribution in [0.2, 0.25) is 0 Å². The molecule has 3 nitrogen and oxygen atoms in total. The Morgan fingerprint density at radius 2 is 1.81 bits per heavy atom. The topological polar surface area (TPSA) is 29.5 Å². The maximum absolute atomic E-state index is 12.6. The predicted molar refractivity (Wildman–Crippen MR) is 87.6 cm³/mol.